The van der Waals surface area contributed by atoms with Gasteiger partial charge in [-0.25, -0.2) is 8.42 Å². The van der Waals surface area contributed by atoms with E-state index in [9.17, 15) is 13.2 Å². The van der Waals surface area contributed by atoms with Crippen molar-refractivity contribution in [2.24, 2.45) is 11.7 Å². The summed E-state index contributed by atoms with van der Waals surface area (Å²) in [6, 6.07) is -0.00301. The fourth-order valence-electron chi connectivity index (χ4n) is 1.86. The van der Waals surface area contributed by atoms with E-state index in [4.69, 9.17) is 5.73 Å². The Balaban J connectivity index is 2.51. The normalized spacial score (nSPS) is 21.8. The molecule has 94 valence electrons. The summed E-state index contributed by atoms with van der Waals surface area (Å²) in [5.74, 6) is -0.566. The fraction of sp³-hybridized carbons (Fsp3) is 0.900. The lowest BCUT2D eigenvalue weighted by Crippen LogP contribution is -2.36. The van der Waals surface area contributed by atoms with Crippen LogP contribution >= 0.6 is 0 Å². The van der Waals surface area contributed by atoms with Gasteiger partial charge in [0.1, 0.15) is 5.75 Å². The van der Waals surface area contributed by atoms with E-state index in [-0.39, 0.29) is 29.4 Å². The number of likely N-dealkylation sites (tertiary alicyclic amines) is 1. The summed E-state index contributed by atoms with van der Waals surface area (Å²) in [5.41, 5.74) is 5.66. The molecule has 1 saturated heterocycles. The Morgan fingerprint density at radius 1 is 1.50 bits per heavy atom. The molecule has 0 aromatic carbocycles. The first-order chi connectivity index (χ1) is 7.30. The van der Waals surface area contributed by atoms with Crippen LogP contribution in [0.5, 0.6) is 0 Å². The summed E-state index contributed by atoms with van der Waals surface area (Å²) in [7, 11) is -3.27. The van der Waals surface area contributed by atoms with E-state index in [0.29, 0.717) is 13.1 Å². The van der Waals surface area contributed by atoms with Gasteiger partial charge in [-0.2, -0.15) is 0 Å². The van der Waals surface area contributed by atoms with Crippen molar-refractivity contribution >= 4 is 15.7 Å². The summed E-state index contributed by atoms with van der Waals surface area (Å²) in [4.78, 5) is 13.2. The second kappa shape index (κ2) is 5.14. The number of carbonyl (C=O) groups excluding carboxylic acids is 1. The van der Waals surface area contributed by atoms with Gasteiger partial charge in [-0.1, -0.05) is 13.8 Å². The average Bonchev–Trinajstić information content (AvgIpc) is 2.47. The summed E-state index contributed by atoms with van der Waals surface area (Å²) >= 11 is 0. The summed E-state index contributed by atoms with van der Waals surface area (Å²) in [6.45, 7) is 4.72. The number of carbonyl (C=O) groups is 1. The van der Waals surface area contributed by atoms with Gasteiger partial charge in [-0.3, -0.25) is 4.79 Å². The second-order valence-electron chi connectivity index (χ2n) is 4.84. The van der Waals surface area contributed by atoms with Crippen LogP contribution in [0.25, 0.3) is 0 Å². The maximum atomic E-state index is 11.7. The lowest BCUT2D eigenvalue weighted by Gasteiger charge is -2.16. The third-order valence-corrected chi connectivity index (χ3v) is 4.37. The zero-order valence-electron chi connectivity index (χ0n) is 9.85. The Morgan fingerprint density at radius 2 is 2.12 bits per heavy atom. The molecule has 1 aliphatic heterocycles. The van der Waals surface area contributed by atoms with Gasteiger partial charge in [-0.15, -0.1) is 0 Å². The van der Waals surface area contributed by atoms with Crippen LogP contribution in [0.3, 0.4) is 0 Å². The van der Waals surface area contributed by atoms with Crippen LogP contribution in [0.15, 0.2) is 0 Å². The lowest BCUT2D eigenvalue weighted by molar-refractivity contribution is -0.127. The second-order valence-corrected chi connectivity index (χ2v) is 6.95. The Labute approximate surface area is 96.9 Å². The standard InChI is InChI=1S/C10H20N2O3S/c1-8(2)6-16(14,15)7-10(13)12-4-3-9(11)5-12/h8-9H,3-7,11H2,1-2H3/t9-/m1/s1. The zero-order valence-corrected chi connectivity index (χ0v) is 10.7. The third-order valence-electron chi connectivity index (χ3n) is 2.51. The van der Waals surface area contributed by atoms with Gasteiger partial charge in [0, 0.05) is 19.1 Å². The molecule has 1 aliphatic rings. The van der Waals surface area contributed by atoms with E-state index in [2.05, 4.69) is 0 Å². The van der Waals surface area contributed by atoms with Crippen molar-refractivity contribution in [3.05, 3.63) is 0 Å². The van der Waals surface area contributed by atoms with Crippen LogP contribution < -0.4 is 5.73 Å². The molecule has 1 atom stereocenters. The molecule has 6 heteroatoms. The molecule has 0 radical (unpaired) electrons. The van der Waals surface area contributed by atoms with Crippen LogP contribution in [0.2, 0.25) is 0 Å². The van der Waals surface area contributed by atoms with Crippen molar-refractivity contribution in [3.63, 3.8) is 0 Å². The Hall–Kier alpha value is -0.620. The smallest absolute Gasteiger partial charge is 0.237 e. The highest BCUT2D eigenvalue weighted by Gasteiger charge is 2.27. The highest BCUT2D eigenvalue weighted by Crippen LogP contribution is 2.09. The first-order valence-electron chi connectivity index (χ1n) is 5.54. The molecule has 5 nitrogen and oxygen atoms in total. The third kappa shape index (κ3) is 4.09. The number of hydrogen-bond donors (Lipinski definition) is 1. The predicted molar refractivity (Wildman–Crippen MR) is 62.7 cm³/mol. The Bertz CT molecular complexity index is 351. The maximum Gasteiger partial charge on any atom is 0.237 e. The van der Waals surface area contributed by atoms with Gasteiger partial charge < -0.3 is 10.6 Å². The maximum absolute atomic E-state index is 11.7. The molecular weight excluding hydrogens is 228 g/mol. The van der Waals surface area contributed by atoms with E-state index < -0.39 is 9.84 Å². The van der Waals surface area contributed by atoms with Crippen molar-refractivity contribution < 1.29 is 13.2 Å². The van der Waals surface area contributed by atoms with Crippen LogP contribution in [0, 0.1) is 5.92 Å². The summed E-state index contributed by atoms with van der Waals surface area (Å²) < 4.78 is 23.2. The number of sulfone groups is 1. The molecule has 0 aromatic heterocycles. The zero-order chi connectivity index (χ0) is 12.3. The molecule has 0 aromatic rings. The predicted octanol–water partition coefficient (Wildman–Crippen LogP) is -0.383. The molecule has 16 heavy (non-hydrogen) atoms. The van der Waals surface area contributed by atoms with Crippen molar-refractivity contribution in [1.29, 1.82) is 0 Å². The summed E-state index contributed by atoms with van der Waals surface area (Å²) in [5, 5.41) is 0. The van der Waals surface area contributed by atoms with Gasteiger partial charge in [-0.05, 0) is 12.3 Å². The van der Waals surface area contributed by atoms with E-state index in [0.717, 1.165) is 6.42 Å². The van der Waals surface area contributed by atoms with E-state index in [1.807, 2.05) is 13.8 Å². The number of nitrogens with two attached hydrogens (primary N) is 1. The number of nitrogens with zero attached hydrogens (tertiary/aromatic N) is 1. The van der Waals surface area contributed by atoms with Crippen LogP contribution in [-0.2, 0) is 14.6 Å². The van der Waals surface area contributed by atoms with Gasteiger partial charge in [0.15, 0.2) is 9.84 Å². The molecular formula is C10H20N2O3S. The van der Waals surface area contributed by atoms with Gasteiger partial charge >= 0.3 is 0 Å². The molecule has 1 heterocycles. The molecule has 0 spiro atoms. The molecule has 0 bridgehead atoms. The number of rotatable bonds is 4. The van der Waals surface area contributed by atoms with Gasteiger partial charge in [0.2, 0.25) is 5.91 Å². The molecule has 2 N–H and O–H groups in total. The lowest BCUT2D eigenvalue weighted by atomic mass is 10.3. The molecule has 1 rings (SSSR count). The number of hydrogen-bond acceptors (Lipinski definition) is 4. The first-order valence-corrected chi connectivity index (χ1v) is 7.36. The molecule has 1 amide bonds. The fourth-order valence-corrected chi connectivity index (χ4v) is 3.55. The van der Waals surface area contributed by atoms with E-state index in [1.54, 1.807) is 4.90 Å². The molecule has 0 saturated carbocycles. The molecule has 1 fully saturated rings. The SMILES string of the molecule is CC(C)CS(=O)(=O)CC(=O)N1CC[C@@H](N)C1. The topological polar surface area (TPSA) is 80.5 Å². The van der Waals surface area contributed by atoms with Crippen molar-refractivity contribution in [3.8, 4) is 0 Å². The Morgan fingerprint density at radius 3 is 2.56 bits per heavy atom. The van der Waals surface area contributed by atoms with Crippen LogP contribution in [0.1, 0.15) is 20.3 Å². The molecule has 0 unspecified atom stereocenters. The minimum atomic E-state index is -3.27. The van der Waals surface area contributed by atoms with Crippen LogP contribution in [0.4, 0.5) is 0 Å². The van der Waals surface area contributed by atoms with Gasteiger partial charge in [0.05, 0.1) is 5.75 Å². The number of amides is 1. The van der Waals surface area contributed by atoms with Crippen molar-refractivity contribution in [2.45, 2.75) is 26.3 Å². The Kier molecular flexibility index (Phi) is 4.32. The highest BCUT2D eigenvalue weighted by atomic mass is 32.2. The van der Waals surface area contributed by atoms with Crippen molar-refractivity contribution in [2.75, 3.05) is 24.6 Å². The minimum Gasteiger partial charge on any atom is -0.340 e. The average molecular weight is 248 g/mol. The first kappa shape index (κ1) is 13.4. The minimum absolute atomic E-state index is 0.00301. The highest BCUT2D eigenvalue weighted by molar-refractivity contribution is 7.92. The van der Waals surface area contributed by atoms with E-state index in [1.165, 1.54) is 0 Å². The molecule has 0 aliphatic carbocycles. The van der Waals surface area contributed by atoms with Crippen LogP contribution in [-0.4, -0.2) is 49.9 Å². The van der Waals surface area contributed by atoms with Crippen molar-refractivity contribution in [1.82, 2.24) is 4.90 Å². The monoisotopic (exact) mass is 248 g/mol. The summed E-state index contributed by atoms with van der Waals surface area (Å²) in [6.07, 6.45) is 0.760. The van der Waals surface area contributed by atoms with E-state index >= 15 is 0 Å². The van der Waals surface area contributed by atoms with Gasteiger partial charge in [0.25, 0.3) is 0 Å². The largest absolute Gasteiger partial charge is 0.340 e. The quantitative estimate of drug-likeness (QED) is 0.735.